The highest BCUT2D eigenvalue weighted by molar-refractivity contribution is 6.34. The van der Waals surface area contributed by atoms with Crippen molar-refractivity contribution in [2.45, 2.75) is 32.0 Å². The smallest absolute Gasteiger partial charge is 0.435 e. The second-order valence-corrected chi connectivity index (χ2v) is 8.52. The van der Waals surface area contributed by atoms with Crippen LogP contribution in [0.4, 0.5) is 18.0 Å². The number of alkyl halides is 3. The first-order chi connectivity index (χ1) is 16.4. The Balaban J connectivity index is 1.92. The van der Waals surface area contributed by atoms with E-state index < -0.39 is 30.2 Å². The van der Waals surface area contributed by atoms with Gasteiger partial charge >= 0.3 is 12.3 Å². The van der Waals surface area contributed by atoms with Crippen LogP contribution in [0.1, 0.15) is 40.4 Å². The van der Waals surface area contributed by atoms with E-state index in [0.717, 1.165) is 24.1 Å². The van der Waals surface area contributed by atoms with Crippen molar-refractivity contribution < 1.29 is 37.1 Å². The molecule has 3 rings (SSSR count). The van der Waals surface area contributed by atoms with E-state index in [2.05, 4.69) is 9.89 Å². The molecule has 0 aliphatic carbocycles. The van der Waals surface area contributed by atoms with E-state index in [4.69, 9.17) is 32.8 Å². The Morgan fingerprint density at radius 2 is 1.83 bits per heavy atom. The number of hydrogen-bond donors (Lipinski definition) is 0. The lowest BCUT2D eigenvalue weighted by molar-refractivity contribution is -0.275. The predicted octanol–water partition coefficient (Wildman–Crippen LogP) is 6.09. The van der Waals surface area contributed by atoms with Crippen LogP contribution in [0.15, 0.2) is 41.6 Å². The first-order valence-electron chi connectivity index (χ1n) is 10.3. The number of rotatable bonds is 6. The second-order valence-electron chi connectivity index (χ2n) is 7.64. The molecule has 1 heterocycles. The molecule has 0 saturated heterocycles. The van der Waals surface area contributed by atoms with E-state index in [0.29, 0.717) is 11.1 Å². The van der Waals surface area contributed by atoms with Gasteiger partial charge in [-0.25, -0.2) is 9.69 Å². The summed E-state index contributed by atoms with van der Waals surface area (Å²) in [4.78, 5) is 30.7. The molecule has 0 spiro atoms. The Bertz CT molecular complexity index is 1150. The molecule has 188 valence electrons. The number of amides is 2. The van der Waals surface area contributed by atoms with Gasteiger partial charge in [0.25, 0.3) is 11.5 Å². The number of carbonyl (C=O) groups is 2. The quantitative estimate of drug-likeness (QED) is 0.421. The van der Waals surface area contributed by atoms with Crippen LogP contribution in [0.3, 0.4) is 0 Å². The van der Waals surface area contributed by atoms with Crippen molar-refractivity contribution in [2.24, 2.45) is 5.16 Å². The van der Waals surface area contributed by atoms with Crippen LogP contribution in [0, 0.1) is 6.92 Å². The molecule has 7 nitrogen and oxygen atoms in total. The van der Waals surface area contributed by atoms with Crippen LogP contribution < -0.4 is 0 Å². The number of oxime groups is 1. The molecule has 2 aromatic rings. The zero-order valence-corrected chi connectivity index (χ0v) is 20.4. The Hall–Kier alpha value is -2.82. The van der Waals surface area contributed by atoms with Gasteiger partial charge in [-0.1, -0.05) is 34.4 Å². The van der Waals surface area contributed by atoms with Gasteiger partial charge in [0, 0.05) is 34.2 Å². The maximum Gasteiger partial charge on any atom is 0.435 e. The second kappa shape index (κ2) is 10.4. The van der Waals surface area contributed by atoms with Crippen LogP contribution in [0.5, 0.6) is 0 Å². The number of carbonyl (C=O) groups excluding carboxylic acids is 2. The number of halogens is 5. The Morgan fingerprint density at radius 1 is 1.17 bits per heavy atom. The highest BCUT2D eigenvalue weighted by atomic mass is 35.5. The lowest BCUT2D eigenvalue weighted by Crippen LogP contribution is -2.42. The summed E-state index contributed by atoms with van der Waals surface area (Å²) in [5, 5.41) is 3.76. The van der Waals surface area contributed by atoms with Crippen molar-refractivity contribution >= 4 is 40.9 Å². The molecule has 0 saturated carbocycles. The summed E-state index contributed by atoms with van der Waals surface area (Å²) in [6.07, 6.45) is -6.38. The van der Waals surface area contributed by atoms with Gasteiger partial charge in [-0.3, -0.25) is 4.79 Å². The van der Waals surface area contributed by atoms with Gasteiger partial charge in [0.05, 0.1) is 12.8 Å². The lowest BCUT2D eigenvalue weighted by Gasteiger charge is -2.29. The fraction of sp³-hybridized carbons (Fsp3) is 0.348. The number of ether oxygens (including phenoxy) is 2. The van der Waals surface area contributed by atoms with Crippen molar-refractivity contribution in [1.29, 1.82) is 0 Å². The molecule has 0 bridgehead atoms. The standard InChI is InChI=1S/C23H21Cl2F3N2O5/c1-4-34-12-30(21(32)33-3)20(31)18-6-5-14(7-13(18)2)19-11-22(35-29-19,23(26,27)28)15-8-16(24)10-17(25)9-15/h5-10H,4,11-12H2,1-3H3. The average Bonchev–Trinajstić information content (AvgIpc) is 3.25. The number of methoxy groups -OCH3 is 1. The zero-order valence-electron chi connectivity index (χ0n) is 18.9. The Morgan fingerprint density at radius 3 is 2.37 bits per heavy atom. The van der Waals surface area contributed by atoms with Crippen molar-refractivity contribution in [3.05, 3.63) is 68.7 Å². The van der Waals surface area contributed by atoms with E-state index in [1.807, 2.05) is 0 Å². The first kappa shape index (κ1) is 26.8. The van der Waals surface area contributed by atoms with Crippen LogP contribution in [-0.2, 0) is 19.9 Å². The molecule has 1 aliphatic heterocycles. The van der Waals surface area contributed by atoms with Gasteiger partial charge < -0.3 is 14.3 Å². The third-order valence-electron chi connectivity index (χ3n) is 5.37. The molecular weight excluding hydrogens is 512 g/mol. The minimum absolute atomic E-state index is 0.0136. The van der Waals surface area contributed by atoms with Crippen molar-refractivity contribution in [1.82, 2.24) is 4.90 Å². The summed E-state index contributed by atoms with van der Waals surface area (Å²) in [5.41, 5.74) is -2.20. The molecular formula is C23H21Cl2F3N2O5. The van der Waals surface area contributed by atoms with E-state index >= 15 is 0 Å². The molecule has 2 amide bonds. The summed E-state index contributed by atoms with van der Waals surface area (Å²) in [7, 11) is 1.13. The van der Waals surface area contributed by atoms with Crippen molar-refractivity contribution in [2.75, 3.05) is 20.4 Å². The lowest BCUT2D eigenvalue weighted by atomic mass is 9.86. The summed E-state index contributed by atoms with van der Waals surface area (Å²) in [5.74, 6) is -0.683. The SMILES string of the molecule is CCOCN(C(=O)OC)C(=O)c1ccc(C2=NOC(c3cc(Cl)cc(Cl)c3)(C(F)(F)F)C2)cc1C. The highest BCUT2D eigenvalue weighted by Crippen LogP contribution is 2.49. The van der Waals surface area contributed by atoms with Gasteiger partial charge in [-0.2, -0.15) is 13.2 Å². The highest BCUT2D eigenvalue weighted by Gasteiger charge is 2.62. The van der Waals surface area contributed by atoms with Gasteiger partial charge in [0.15, 0.2) is 0 Å². The molecule has 1 aliphatic rings. The molecule has 0 fully saturated rings. The van der Waals surface area contributed by atoms with E-state index in [1.165, 1.54) is 24.3 Å². The van der Waals surface area contributed by atoms with Gasteiger partial charge in [-0.05, 0) is 55.3 Å². The number of imide groups is 1. The third-order valence-corrected chi connectivity index (χ3v) is 5.81. The van der Waals surface area contributed by atoms with Crippen LogP contribution in [0.25, 0.3) is 0 Å². The molecule has 1 atom stereocenters. The van der Waals surface area contributed by atoms with Gasteiger partial charge in [0.2, 0.25) is 0 Å². The number of hydrogen-bond acceptors (Lipinski definition) is 6. The molecule has 12 heteroatoms. The summed E-state index contributed by atoms with van der Waals surface area (Å²) in [6, 6.07) is 7.88. The fourth-order valence-electron chi connectivity index (χ4n) is 3.56. The summed E-state index contributed by atoms with van der Waals surface area (Å²) >= 11 is 11.9. The normalized spacial score (nSPS) is 17.5. The number of nitrogens with zero attached hydrogens (tertiary/aromatic N) is 2. The minimum Gasteiger partial charge on any atom is -0.452 e. The van der Waals surface area contributed by atoms with Gasteiger partial charge in [-0.15, -0.1) is 0 Å². The average molecular weight is 533 g/mol. The minimum atomic E-state index is -4.84. The van der Waals surface area contributed by atoms with Crippen LogP contribution in [-0.4, -0.2) is 49.2 Å². The molecule has 0 aromatic heterocycles. The third kappa shape index (κ3) is 5.39. The Labute approximate surface area is 209 Å². The zero-order chi connectivity index (χ0) is 26.0. The molecule has 0 N–H and O–H groups in total. The van der Waals surface area contributed by atoms with E-state index in [-0.39, 0.29) is 40.2 Å². The number of aryl methyl sites for hydroxylation is 1. The Kier molecular flexibility index (Phi) is 7.98. The van der Waals surface area contributed by atoms with Crippen LogP contribution in [0.2, 0.25) is 10.0 Å². The van der Waals surface area contributed by atoms with Crippen molar-refractivity contribution in [3.63, 3.8) is 0 Å². The monoisotopic (exact) mass is 532 g/mol. The largest absolute Gasteiger partial charge is 0.452 e. The first-order valence-corrected chi connectivity index (χ1v) is 11.1. The van der Waals surface area contributed by atoms with Crippen LogP contribution >= 0.6 is 23.2 Å². The molecule has 1 unspecified atom stereocenters. The van der Waals surface area contributed by atoms with E-state index in [1.54, 1.807) is 13.8 Å². The predicted molar refractivity (Wildman–Crippen MR) is 123 cm³/mol. The topological polar surface area (TPSA) is 77.4 Å². The molecule has 35 heavy (non-hydrogen) atoms. The summed E-state index contributed by atoms with van der Waals surface area (Å²) in [6.45, 7) is 3.22. The number of benzene rings is 2. The maximum atomic E-state index is 14.2. The van der Waals surface area contributed by atoms with Gasteiger partial charge in [0.1, 0.15) is 6.73 Å². The summed E-state index contributed by atoms with van der Waals surface area (Å²) < 4.78 is 52.4. The molecule has 2 aromatic carbocycles. The maximum absolute atomic E-state index is 14.2. The van der Waals surface area contributed by atoms with E-state index in [9.17, 15) is 22.8 Å². The van der Waals surface area contributed by atoms with Crippen molar-refractivity contribution in [3.8, 4) is 0 Å². The fourth-order valence-corrected chi connectivity index (χ4v) is 4.09. The molecule has 0 radical (unpaired) electrons.